The molecule has 2 rings (SSSR count). The van der Waals surface area contributed by atoms with E-state index in [0.29, 0.717) is 0 Å². The smallest absolute Gasteiger partial charge is 0.153 e. The molecule has 19 heavy (non-hydrogen) atoms. The maximum absolute atomic E-state index is 12.1. The Morgan fingerprint density at radius 3 is 1.95 bits per heavy atom. The van der Waals surface area contributed by atoms with Crippen LogP contribution in [0.2, 0.25) is 0 Å². The van der Waals surface area contributed by atoms with Crippen LogP contribution in [-0.2, 0) is 16.4 Å². The Hall–Kier alpha value is -0.870. The van der Waals surface area contributed by atoms with Crippen molar-refractivity contribution in [3.8, 4) is 0 Å². The highest BCUT2D eigenvalue weighted by Gasteiger charge is 2.47. The van der Waals surface area contributed by atoms with E-state index in [9.17, 15) is 8.42 Å². The third-order valence-electron chi connectivity index (χ3n) is 3.79. The van der Waals surface area contributed by atoms with Crippen molar-refractivity contribution < 1.29 is 8.42 Å². The molecule has 0 amide bonds. The summed E-state index contributed by atoms with van der Waals surface area (Å²) in [6.45, 7) is 8.88. The predicted molar refractivity (Wildman–Crippen MR) is 78.8 cm³/mol. The average Bonchev–Trinajstić information content (AvgIpc) is 2.22. The van der Waals surface area contributed by atoms with Gasteiger partial charge < -0.3 is 0 Å². The maximum Gasteiger partial charge on any atom is 0.153 e. The van der Waals surface area contributed by atoms with Crippen molar-refractivity contribution in [1.82, 2.24) is 4.90 Å². The van der Waals surface area contributed by atoms with Gasteiger partial charge in [0.05, 0.1) is 11.5 Å². The fourth-order valence-corrected chi connectivity index (χ4v) is 5.86. The van der Waals surface area contributed by atoms with Crippen LogP contribution in [0.3, 0.4) is 0 Å². The van der Waals surface area contributed by atoms with E-state index >= 15 is 0 Å². The van der Waals surface area contributed by atoms with Crippen molar-refractivity contribution >= 4 is 9.84 Å². The minimum absolute atomic E-state index is 0.232. The molecule has 0 atom stereocenters. The Balaban J connectivity index is 2.32. The first-order chi connectivity index (χ1) is 8.62. The van der Waals surface area contributed by atoms with Crippen LogP contribution in [0.4, 0.5) is 0 Å². The van der Waals surface area contributed by atoms with E-state index in [2.05, 4.69) is 17.0 Å². The van der Waals surface area contributed by atoms with Gasteiger partial charge in [0.2, 0.25) is 0 Å². The second-order valence-corrected chi connectivity index (χ2v) is 8.79. The van der Waals surface area contributed by atoms with Crippen LogP contribution in [0.1, 0.15) is 33.3 Å². The summed E-state index contributed by atoms with van der Waals surface area (Å²) in [5.41, 5.74) is 0.551. The first kappa shape index (κ1) is 14.5. The number of nitrogens with zero attached hydrogens (tertiary/aromatic N) is 1. The molecule has 0 saturated carbocycles. The van der Waals surface area contributed by atoms with Crippen molar-refractivity contribution in [1.29, 1.82) is 0 Å². The van der Waals surface area contributed by atoms with E-state index in [-0.39, 0.29) is 22.6 Å². The highest BCUT2D eigenvalue weighted by Crippen LogP contribution is 2.35. The molecule has 1 heterocycles. The molecular weight excluding hydrogens is 258 g/mol. The molecule has 1 fully saturated rings. The summed E-state index contributed by atoms with van der Waals surface area (Å²) < 4.78 is 24.1. The second-order valence-electron chi connectivity index (χ2n) is 6.73. The fraction of sp³-hybridized carbons (Fsp3) is 0.600. The van der Waals surface area contributed by atoms with Crippen molar-refractivity contribution in [2.75, 3.05) is 11.5 Å². The molecule has 0 unspecified atom stereocenters. The van der Waals surface area contributed by atoms with Gasteiger partial charge in [-0.15, -0.1) is 0 Å². The number of sulfone groups is 1. The number of rotatable bonds is 2. The van der Waals surface area contributed by atoms with Gasteiger partial charge in [-0.05, 0) is 33.3 Å². The van der Waals surface area contributed by atoms with E-state index < -0.39 is 9.84 Å². The molecule has 106 valence electrons. The normalized spacial score (nSPS) is 25.1. The van der Waals surface area contributed by atoms with Gasteiger partial charge in [-0.25, -0.2) is 8.42 Å². The average molecular weight is 281 g/mol. The van der Waals surface area contributed by atoms with Crippen LogP contribution in [-0.4, -0.2) is 35.9 Å². The minimum atomic E-state index is -2.96. The van der Waals surface area contributed by atoms with Crippen molar-refractivity contribution in [3.05, 3.63) is 35.9 Å². The standard InChI is InChI=1S/C15H23NO2S/c1-14(2)11-19(17,18)12-15(3,4)16(14)10-13-8-6-5-7-9-13/h5-9H,10-12H2,1-4H3. The van der Waals surface area contributed by atoms with Gasteiger partial charge in [0.15, 0.2) is 9.84 Å². The fourth-order valence-electron chi connectivity index (χ4n) is 3.30. The van der Waals surface area contributed by atoms with Crippen LogP contribution in [0.25, 0.3) is 0 Å². The Labute approximate surface area is 116 Å². The molecule has 1 aliphatic heterocycles. The van der Waals surface area contributed by atoms with Gasteiger partial charge >= 0.3 is 0 Å². The number of hydrogen-bond acceptors (Lipinski definition) is 3. The molecule has 1 aromatic rings. The van der Waals surface area contributed by atoms with E-state index in [1.165, 1.54) is 5.56 Å². The maximum atomic E-state index is 12.1. The summed E-state index contributed by atoms with van der Waals surface area (Å²) in [7, 11) is -2.96. The minimum Gasteiger partial charge on any atom is -0.287 e. The van der Waals surface area contributed by atoms with Gasteiger partial charge in [0, 0.05) is 17.6 Å². The first-order valence-corrected chi connectivity index (χ1v) is 8.47. The lowest BCUT2D eigenvalue weighted by atomic mass is 9.94. The van der Waals surface area contributed by atoms with E-state index in [4.69, 9.17) is 0 Å². The zero-order chi connectivity index (χ0) is 14.3. The Morgan fingerprint density at radius 1 is 1.00 bits per heavy atom. The molecule has 0 bridgehead atoms. The summed E-state index contributed by atoms with van der Waals surface area (Å²) in [5, 5.41) is 0. The lowest BCUT2D eigenvalue weighted by Crippen LogP contribution is -2.64. The van der Waals surface area contributed by atoms with Gasteiger partial charge in [0.1, 0.15) is 0 Å². The van der Waals surface area contributed by atoms with E-state index in [1.807, 2.05) is 45.9 Å². The largest absolute Gasteiger partial charge is 0.287 e. The molecule has 0 aliphatic carbocycles. The van der Waals surface area contributed by atoms with Crippen LogP contribution in [0.5, 0.6) is 0 Å². The monoisotopic (exact) mass is 281 g/mol. The molecule has 1 aromatic carbocycles. The van der Waals surface area contributed by atoms with Gasteiger partial charge in [-0.3, -0.25) is 4.90 Å². The van der Waals surface area contributed by atoms with Crippen molar-refractivity contribution in [3.63, 3.8) is 0 Å². The van der Waals surface area contributed by atoms with Gasteiger partial charge in [0.25, 0.3) is 0 Å². The molecule has 0 spiro atoms. The third-order valence-corrected chi connectivity index (χ3v) is 6.08. The van der Waals surface area contributed by atoms with Crippen LogP contribution < -0.4 is 0 Å². The predicted octanol–water partition coefficient (Wildman–Crippen LogP) is 2.47. The highest BCUT2D eigenvalue weighted by molar-refractivity contribution is 7.91. The Bertz CT molecular complexity index is 523. The molecule has 1 saturated heterocycles. The topological polar surface area (TPSA) is 37.4 Å². The van der Waals surface area contributed by atoms with Crippen molar-refractivity contribution in [2.45, 2.75) is 45.3 Å². The lowest BCUT2D eigenvalue weighted by molar-refractivity contribution is 0.0251. The Morgan fingerprint density at radius 2 is 1.47 bits per heavy atom. The van der Waals surface area contributed by atoms with Crippen LogP contribution in [0.15, 0.2) is 30.3 Å². The first-order valence-electron chi connectivity index (χ1n) is 6.65. The SMILES string of the molecule is CC1(C)CS(=O)(=O)CC(C)(C)N1Cc1ccccc1. The zero-order valence-electron chi connectivity index (χ0n) is 12.2. The van der Waals surface area contributed by atoms with Gasteiger partial charge in [-0.1, -0.05) is 30.3 Å². The lowest BCUT2D eigenvalue weighted by Gasteiger charge is -2.52. The molecule has 0 aromatic heterocycles. The quantitative estimate of drug-likeness (QED) is 0.836. The third kappa shape index (κ3) is 3.18. The van der Waals surface area contributed by atoms with E-state index in [1.54, 1.807) is 0 Å². The summed E-state index contributed by atoms with van der Waals surface area (Å²) in [6, 6.07) is 10.2. The molecule has 0 N–H and O–H groups in total. The Kier molecular flexibility index (Phi) is 3.52. The molecule has 4 heteroatoms. The van der Waals surface area contributed by atoms with Crippen molar-refractivity contribution in [2.24, 2.45) is 0 Å². The summed E-state index contributed by atoms with van der Waals surface area (Å²) in [4.78, 5) is 2.32. The second kappa shape index (κ2) is 4.60. The van der Waals surface area contributed by atoms with E-state index in [0.717, 1.165) is 6.54 Å². The number of benzene rings is 1. The van der Waals surface area contributed by atoms with Crippen LogP contribution >= 0.6 is 0 Å². The summed E-state index contributed by atoms with van der Waals surface area (Å²) >= 11 is 0. The summed E-state index contributed by atoms with van der Waals surface area (Å²) in [6.07, 6.45) is 0. The van der Waals surface area contributed by atoms with Crippen LogP contribution in [0, 0.1) is 0 Å². The number of hydrogen-bond donors (Lipinski definition) is 0. The highest BCUT2D eigenvalue weighted by atomic mass is 32.2. The molecule has 0 radical (unpaired) electrons. The molecule has 1 aliphatic rings. The molecular formula is C15H23NO2S. The zero-order valence-corrected chi connectivity index (χ0v) is 13.0. The molecule has 3 nitrogen and oxygen atoms in total. The summed E-state index contributed by atoms with van der Waals surface area (Å²) in [5.74, 6) is 0.465. The van der Waals surface area contributed by atoms with Gasteiger partial charge in [-0.2, -0.15) is 0 Å².